The van der Waals surface area contributed by atoms with Crippen LogP contribution in [0.25, 0.3) is 0 Å². The Morgan fingerprint density at radius 3 is 2.67 bits per heavy atom. The van der Waals surface area contributed by atoms with Gasteiger partial charge in [-0.2, -0.15) is 16.7 Å². The number of hydrogen-bond acceptors (Lipinski definition) is 5. The summed E-state index contributed by atoms with van der Waals surface area (Å²) in [5.41, 5.74) is -0.128. The van der Waals surface area contributed by atoms with E-state index < -0.39 is 0 Å². The molecule has 2 heterocycles. The summed E-state index contributed by atoms with van der Waals surface area (Å²) >= 11 is 2.18. The molecule has 6 nitrogen and oxygen atoms in total. The SMILES string of the molecule is CCNC(=NCc1noc(C(C)(C)C)n1)N1CCSC2(CCCCC2)C1.I. The first-order valence-electron chi connectivity index (χ1n) is 9.92. The molecule has 2 aliphatic rings. The Bertz CT molecular complexity index is 616. The number of aliphatic imine (C=N–C) groups is 1. The quantitative estimate of drug-likeness (QED) is 0.376. The molecule has 27 heavy (non-hydrogen) atoms. The van der Waals surface area contributed by atoms with E-state index in [0.29, 0.717) is 23.0 Å². The smallest absolute Gasteiger partial charge is 0.232 e. The maximum atomic E-state index is 5.39. The fourth-order valence-electron chi connectivity index (χ4n) is 3.72. The van der Waals surface area contributed by atoms with Gasteiger partial charge in [0.1, 0.15) is 6.54 Å². The Morgan fingerprint density at radius 1 is 1.30 bits per heavy atom. The first-order chi connectivity index (χ1) is 12.4. The third kappa shape index (κ3) is 5.98. The van der Waals surface area contributed by atoms with Crippen molar-refractivity contribution < 1.29 is 4.52 Å². The molecule has 0 aromatic carbocycles. The van der Waals surface area contributed by atoms with Crippen LogP contribution in [0.5, 0.6) is 0 Å². The molecule has 0 amide bonds. The maximum absolute atomic E-state index is 5.39. The molecule has 1 spiro atoms. The molecule has 0 atom stereocenters. The minimum absolute atomic E-state index is 0. The summed E-state index contributed by atoms with van der Waals surface area (Å²) < 4.78 is 5.82. The molecule has 1 saturated heterocycles. The number of guanidine groups is 1. The summed E-state index contributed by atoms with van der Waals surface area (Å²) in [5.74, 6) is 3.49. The van der Waals surface area contributed by atoms with Crippen LogP contribution in [0.2, 0.25) is 0 Å². The van der Waals surface area contributed by atoms with Gasteiger partial charge in [0, 0.05) is 35.5 Å². The summed E-state index contributed by atoms with van der Waals surface area (Å²) in [6.45, 7) is 11.8. The Morgan fingerprint density at radius 2 is 2.04 bits per heavy atom. The van der Waals surface area contributed by atoms with Crippen molar-refractivity contribution in [1.82, 2.24) is 20.4 Å². The summed E-state index contributed by atoms with van der Waals surface area (Å²) in [6, 6.07) is 0. The zero-order valence-corrected chi connectivity index (χ0v) is 20.2. The van der Waals surface area contributed by atoms with Gasteiger partial charge in [-0.3, -0.25) is 0 Å². The average Bonchev–Trinajstić information content (AvgIpc) is 3.09. The minimum Gasteiger partial charge on any atom is -0.357 e. The van der Waals surface area contributed by atoms with E-state index in [1.165, 1.54) is 37.9 Å². The van der Waals surface area contributed by atoms with Crippen LogP contribution < -0.4 is 5.32 Å². The van der Waals surface area contributed by atoms with Crippen molar-refractivity contribution >= 4 is 41.7 Å². The fourth-order valence-corrected chi connectivity index (χ4v) is 5.29. The van der Waals surface area contributed by atoms with Gasteiger partial charge in [0.25, 0.3) is 0 Å². The van der Waals surface area contributed by atoms with Crippen molar-refractivity contribution in [3.05, 3.63) is 11.7 Å². The van der Waals surface area contributed by atoms with E-state index in [9.17, 15) is 0 Å². The zero-order chi connectivity index (χ0) is 18.6. The normalized spacial score (nSPS) is 20.4. The summed E-state index contributed by atoms with van der Waals surface area (Å²) in [7, 11) is 0. The van der Waals surface area contributed by atoms with Crippen LogP contribution in [0, 0.1) is 0 Å². The van der Waals surface area contributed by atoms with Crippen molar-refractivity contribution in [2.75, 3.05) is 25.4 Å². The number of thioether (sulfide) groups is 1. The average molecular weight is 507 g/mol. The molecule has 1 saturated carbocycles. The summed E-state index contributed by atoms with van der Waals surface area (Å²) in [5, 5.41) is 7.56. The molecule has 0 radical (unpaired) electrons. The Hall–Kier alpha value is -0.510. The molecule has 1 aliphatic carbocycles. The molecule has 1 N–H and O–H groups in total. The number of halogens is 1. The number of nitrogens with zero attached hydrogens (tertiary/aromatic N) is 4. The monoisotopic (exact) mass is 507 g/mol. The van der Waals surface area contributed by atoms with Crippen LogP contribution >= 0.6 is 35.7 Å². The van der Waals surface area contributed by atoms with Gasteiger partial charge in [-0.15, -0.1) is 24.0 Å². The van der Waals surface area contributed by atoms with E-state index in [1.54, 1.807) is 0 Å². The molecule has 0 bridgehead atoms. The molecule has 1 aliphatic heterocycles. The Balaban J connectivity index is 0.00000261. The third-order valence-corrected chi connectivity index (χ3v) is 6.66. The first-order valence-corrected chi connectivity index (χ1v) is 10.9. The lowest BCUT2D eigenvalue weighted by molar-refractivity contribution is 0.293. The van der Waals surface area contributed by atoms with Crippen LogP contribution in [-0.4, -0.2) is 51.1 Å². The third-order valence-electron chi connectivity index (χ3n) is 5.13. The van der Waals surface area contributed by atoms with Crippen molar-refractivity contribution in [3.63, 3.8) is 0 Å². The van der Waals surface area contributed by atoms with Crippen LogP contribution in [0.15, 0.2) is 9.52 Å². The minimum atomic E-state index is -0.128. The lowest BCUT2D eigenvalue weighted by atomic mass is 9.87. The van der Waals surface area contributed by atoms with Gasteiger partial charge in [-0.05, 0) is 19.8 Å². The van der Waals surface area contributed by atoms with Crippen LogP contribution in [0.1, 0.15) is 71.5 Å². The Labute approximate surface area is 184 Å². The second-order valence-electron chi connectivity index (χ2n) is 8.45. The lowest BCUT2D eigenvalue weighted by Crippen LogP contribution is -2.53. The van der Waals surface area contributed by atoms with Crippen molar-refractivity contribution in [2.45, 2.75) is 76.5 Å². The van der Waals surface area contributed by atoms with Crippen LogP contribution in [0.4, 0.5) is 0 Å². The highest BCUT2D eigenvalue weighted by Gasteiger charge is 2.38. The van der Waals surface area contributed by atoms with E-state index in [2.05, 4.69) is 59.8 Å². The first kappa shape index (κ1) is 22.8. The summed E-state index contributed by atoms with van der Waals surface area (Å²) in [6.07, 6.45) is 6.81. The number of aromatic nitrogens is 2. The molecular weight excluding hydrogens is 473 g/mol. The topological polar surface area (TPSA) is 66.5 Å². The van der Waals surface area contributed by atoms with Gasteiger partial charge in [0.2, 0.25) is 5.89 Å². The Kier molecular flexibility index (Phi) is 8.27. The molecule has 154 valence electrons. The highest BCUT2D eigenvalue weighted by Crippen LogP contribution is 2.42. The van der Waals surface area contributed by atoms with E-state index in [0.717, 1.165) is 25.6 Å². The van der Waals surface area contributed by atoms with Crippen molar-refractivity contribution in [3.8, 4) is 0 Å². The summed E-state index contributed by atoms with van der Waals surface area (Å²) in [4.78, 5) is 11.8. The van der Waals surface area contributed by atoms with Crippen molar-refractivity contribution in [1.29, 1.82) is 0 Å². The van der Waals surface area contributed by atoms with Gasteiger partial charge >= 0.3 is 0 Å². The second-order valence-corrected chi connectivity index (χ2v) is 10.0. The molecule has 1 aromatic heterocycles. The lowest BCUT2D eigenvalue weighted by Gasteiger charge is -2.45. The number of rotatable bonds is 3. The van der Waals surface area contributed by atoms with Gasteiger partial charge < -0.3 is 14.7 Å². The van der Waals surface area contributed by atoms with Crippen molar-refractivity contribution in [2.24, 2.45) is 4.99 Å². The van der Waals surface area contributed by atoms with E-state index in [1.807, 2.05) is 0 Å². The van der Waals surface area contributed by atoms with E-state index >= 15 is 0 Å². The number of nitrogens with one attached hydrogen (secondary N) is 1. The van der Waals surface area contributed by atoms with Gasteiger partial charge in [0.05, 0.1) is 0 Å². The van der Waals surface area contributed by atoms with Gasteiger partial charge in [-0.1, -0.05) is 45.2 Å². The molecule has 3 rings (SSSR count). The highest BCUT2D eigenvalue weighted by atomic mass is 127. The highest BCUT2D eigenvalue weighted by molar-refractivity contribution is 14.0. The van der Waals surface area contributed by atoms with E-state index in [4.69, 9.17) is 9.52 Å². The number of hydrogen-bond donors (Lipinski definition) is 1. The second kappa shape index (κ2) is 9.80. The molecular formula is C19H34IN5OS. The van der Waals surface area contributed by atoms with Crippen LogP contribution in [-0.2, 0) is 12.0 Å². The van der Waals surface area contributed by atoms with Gasteiger partial charge in [-0.25, -0.2) is 4.99 Å². The predicted octanol–water partition coefficient (Wildman–Crippen LogP) is 4.20. The molecule has 0 unspecified atom stereocenters. The molecule has 8 heteroatoms. The fraction of sp³-hybridized carbons (Fsp3) is 0.842. The maximum Gasteiger partial charge on any atom is 0.232 e. The van der Waals surface area contributed by atoms with Gasteiger partial charge in [0.15, 0.2) is 11.8 Å². The van der Waals surface area contributed by atoms with E-state index in [-0.39, 0.29) is 29.4 Å². The predicted molar refractivity (Wildman–Crippen MR) is 123 cm³/mol. The molecule has 1 aromatic rings. The van der Waals surface area contributed by atoms with Crippen LogP contribution in [0.3, 0.4) is 0 Å². The molecule has 2 fully saturated rings. The zero-order valence-electron chi connectivity index (χ0n) is 17.1. The largest absolute Gasteiger partial charge is 0.357 e. The standard InChI is InChI=1S/C19H33N5OS.HI/c1-5-20-17(21-13-15-22-16(25-23-15)18(2,3)4)24-11-12-26-19(14-24)9-7-6-8-10-19;/h5-14H2,1-4H3,(H,20,21);1H.